The third-order valence-electron chi connectivity index (χ3n) is 3.22. The van der Waals surface area contributed by atoms with E-state index >= 15 is 0 Å². The Morgan fingerprint density at radius 2 is 1.92 bits per heavy atom. The van der Waals surface area contributed by atoms with Gasteiger partial charge in [-0.25, -0.2) is 4.79 Å². The highest BCUT2D eigenvalue weighted by Gasteiger charge is 2.17. The number of aliphatic hydroxyl groups excluding tert-OH is 1. The third-order valence-corrected chi connectivity index (χ3v) is 3.22. The van der Waals surface area contributed by atoms with Crippen LogP contribution in [0.25, 0.3) is 11.3 Å². The molecule has 2 rings (SSSR count). The van der Waals surface area contributed by atoms with Crippen LogP contribution in [0.4, 0.5) is 0 Å². The lowest BCUT2D eigenvalue weighted by atomic mass is 10.1. The molecular formula is C17H17N3O4. The van der Waals surface area contributed by atoms with Crippen LogP contribution in [0.15, 0.2) is 47.7 Å². The Kier molecular flexibility index (Phi) is 5.26. The van der Waals surface area contributed by atoms with Crippen molar-refractivity contribution in [1.82, 2.24) is 10.2 Å². The number of aliphatic hydroxyl groups is 1. The molecule has 1 aromatic heterocycles. The van der Waals surface area contributed by atoms with Crippen molar-refractivity contribution >= 4 is 17.5 Å². The van der Waals surface area contributed by atoms with E-state index in [-0.39, 0.29) is 17.0 Å². The van der Waals surface area contributed by atoms with Gasteiger partial charge in [-0.15, -0.1) is 0 Å². The molecule has 3 N–H and O–H groups in total. The van der Waals surface area contributed by atoms with Gasteiger partial charge in [0.2, 0.25) is 0 Å². The zero-order valence-electron chi connectivity index (χ0n) is 13.3. The molecule has 0 saturated carbocycles. The van der Waals surface area contributed by atoms with E-state index in [1.165, 1.54) is 19.9 Å². The van der Waals surface area contributed by atoms with Gasteiger partial charge < -0.3 is 15.3 Å². The summed E-state index contributed by atoms with van der Waals surface area (Å²) in [6.45, 7) is 2.10. The van der Waals surface area contributed by atoms with Gasteiger partial charge in [-0.1, -0.05) is 30.3 Å². The van der Waals surface area contributed by atoms with Gasteiger partial charge in [0, 0.05) is 11.3 Å². The molecule has 24 heavy (non-hydrogen) atoms. The summed E-state index contributed by atoms with van der Waals surface area (Å²) in [7, 11) is 0. The number of esters is 1. The smallest absolute Gasteiger partial charge is 0.356 e. The number of Topliss-reactive ketones (excluding diaryl/α,β-unsaturated/α-hetero) is 1. The van der Waals surface area contributed by atoms with Gasteiger partial charge in [0.25, 0.3) is 0 Å². The van der Waals surface area contributed by atoms with Crippen molar-refractivity contribution in [2.45, 2.75) is 13.8 Å². The Morgan fingerprint density at radius 1 is 1.25 bits per heavy atom. The van der Waals surface area contributed by atoms with E-state index in [2.05, 4.69) is 10.2 Å². The van der Waals surface area contributed by atoms with Crippen molar-refractivity contribution in [1.29, 1.82) is 5.41 Å². The second kappa shape index (κ2) is 7.36. The van der Waals surface area contributed by atoms with Crippen LogP contribution in [-0.4, -0.2) is 39.4 Å². The zero-order chi connectivity index (χ0) is 17.7. The van der Waals surface area contributed by atoms with Crippen LogP contribution in [0.2, 0.25) is 0 Å². The van der Waals surface area contributed by atoms with E-state index in [4.69, 9.17) is 10.1 Å². The fourth-order valence-electron chi connectivity index (χ4n) is 2.15. The zero-order valence-corrected chi connectivity index (χ0v) is 13.3. The number of hydrogen-bond donors (Lipinski definition) is 3. The molecule has 0 atom stereocenters. The summed E-state index contributed by atoms with van der Waals surface area (Å²) in [5, 5.41) is 23.9. The molecule has 0 aliphatic heterocycles. The molecule has 2 aromatic rings. The predicted molar refractivity (Wildman–Crippen MR) is 88.0 cm³/mol. The van der Waals surface area contributed by atoms with Gasteiger partial charge in [-0.2, -0.15) is 5.10 Å². The first-order chi connectivity index (χ1) is 11.4. The average Bonchev–Trinajstić information content (AvgIpc) is 3.03. The van der Waals surface area contributed by atoms with E-state index in [1.807, 2.05) is 30.3 Å². The molecule has 1 aromatic carbocycles. The fraction of sp³-hybridized carbons (Fsp3) is 0.176. The maximum absolute atomic E-state index is 12.0. The Hall–Kier alpha value is -3.22. The van der Waals surface area contributed by atoms with E-state index in [0.29, 0.717) is 5.69 Å². The second-order valence-electron chi connectivity index (χ2n) is 5.11. The number of aromatic nitrogens is 2. The number of ether oxygens (including phenoxy) is 1. The van der Waals surface area contributed by atoms with Gasteiger partial charge in [0.15, 0.2) is 5.78 Å². The van der Waals surface area contributed by atoms with Gasteiger partial charge >= 0.3 is 5.97 Å². The molecule has 0 bridgehead atoms. The van der Waals surface area contributed by atoms with Crippen molar-refractivity contribution in [3.8, 4) is 11.3 Å². The standard InChI is InChI=1S/C17H17N3O4/c1-10(18)16(11(2)21)15(22)9-24-17(23)14-8-13(19-20-14)12-6-4-3-5-7-12/h3-8,18,22H,9H2,1-2H3,(H,19,20)/b16-15-,18-10?. The van der Waals surface area contributed by atoms with Crippen LogP contribution in [-0.2, 0) is 9.53 Å². The van der Waals surface area contributed by atoms with Crippen LogP contribution in [0, 0.1) is 5.41 Å². The number of rotatable bonds is 6. The van der Waals surface area contributed by atoms with E-state index in [0.717, 1.165) is 5.56 Å². The number of allylic oxidation sites excluding steroid dienone is 1. The van der Waals surface area contributed by atoms with E-state index in [1.54, 1.807) is 0 Å². The van der Waals surface area contributed by atoms with Gasteiger partial charge in [-0.05, 0) is 19.9 Å². The summed E-state index contributed by atoms with van der Waals surface area (Å²) in [5.74, 6) is -1.64. The first kappa shape index (κ1) is 17.1. The Labute approximate surface area is 138 Å². The lowest BCUT2D eigenvalue weighted by molar-refractivity contribution is -0.113. The van der Waals surface area contributed by atoms with Crippen molar-refractivity contribution in [3.05, 3.63) is 53.4 Å². The minimum absolute atomic E-state index is 0.0936. The lowest BCUT2D eigenvalue weighted by Gasteiger charge is -2.07. The molecule has 1 heterocycles. The van der Waals surface area contributed by atoms with E-state index in [9.17, 15) is 14.7 Å². The minimum Gasteiger partial charge on any atom is -0.508 e. The number of nitrogens with zero attached hydrogens (tertiary/aromatic N) is 1. The summed E-state index contributed by atoms with van der Waals surface area (Å²) in [6, 6.07) is 10.8. The molecule has 7 nitrogen and oxygen atoms in total. The fourth-order valence-corrected chi connectivity index (χ4v) is 2.15. The van der Waals surface area contributed by atoms with Gasteiger partial charge in [0.05, 0.1) is 11.3 Å². The largest absolute Gasteiger partial charge is 0.508 e. The van der Waals surface area contributed by atoms with Crippen LogP contribution < -0.4 is 0 Å². The number of hydrogen-bond acceptors (Lipinski definition) is 6. The van der Waals surface area contributed by atoms with Gasteiger partial charge in [0.1, 0.15) is 18.1 Å². The quantitative estimate of drug-likeness (QED) is 0.326. The Balaban J connectivity index is 2.09. The van der Waals surface area contributed by atoms with Crippen LogP contribution in [0.5, 0.6) is 0 Å². The molecule has 0 saturated heterocycles. The molecule has 0 aliphatic rings. The Morgan fingerprint density at radius 3 is 2.50 bits per heavy atom. The topological polar surface area (TPSA) is 116 Å². The third kappa shape index (κ3) is 3.95. The maximum Gasteiger partial charge on any atom is 0.356 e. The van der Waals surface area contributed by atoms with E-state index < -0.39 is 24.1 Å². The number of benzene rings is 1. The Bertz CT molecular complexity index is 790. The average molecular weight is 327 g/mol. The molecule has 124 valence electrons. The number of ketones is 1. The normalized spacial score (nSPS) is 11.6. The highest BCUT2D eigenvalue weighted by molar-refractivity contribution is 6.19. The van der Waals surface area contributed by atoms with Crippen molar-refractivity contribution in [3.63, 3.8) is 0 Å². The van der Waals surface area contributed by atoms with Crippen molar-refractivity contribution in [2.24, 2.45) is 0 Å². The molecule has 0 radical (unpaired) electrons. The molecule has 7 heteroatoms. The molecular weight excluding hydrogens is 310 g/mol. The second-order valence-corrected chi connectivity index (χ2v) is 5.11. The number of aromatic amines is 1. The summed E-state index contributed by atoms with van der Waals surface area (Å²) >= 11 is 0. The maximum atomic E-state index is 12.0. The van der Waals surface area contributed by atoms with Crippen LogP contribution >= 0.6 is 0 Å². The minimum atomic E-state index is -0.721. The molecule has 0 amide bonds. The molecule has 0 aliphatic carbocycles. The summed E-state index contributed by atoms with van der Waals surface area (Å²) in [6.07, 6.45) is 0. The number of carbonyl (C=O) groups is 2. The SMILES string of the molecule is CC(=N)/C(C(C)=O)=C(/O)COC(=O)c1cc(-c2ccccc2)n[nH]1. The molecule has 0 fully saturated rings. The molecule has 0 unspecified atom stereocenters. The van der Waals surface area contributed by atoms with Gasteiger partial charge in [-0.3, -0.25) is 9.89 Å². The number of nitrogens with one attached hydrogen (secondary N) is 2. The highest BCUT2D eigenvalue weighted by Crippen LogP contribution is 2.17. The molecule has 0 spiro atoms. The summed E-state index contributed by atoms with van der Waals surface area (Å²) < 4.78 is 4.95. The summed E-state index contributed by atoms with van der Waals surface area (Å²) in [4.78, 5) is 23.4. The predicted octanol–water partition coefficient (Wildman–Crippen LogP) is 2.67. The van der Waals surface area contributed by atoms with Crippen LogP contribution in [0.3, 0.4) is 0 Å². The number of H-pyrrole nitrogens is 1. The van der Waals surface area contributed by atoms with Crippen molar-refractivity contribution < 1.29 is 19.4 Å². The van der Waals surface area contributed by atoms with Crippen molar-refractivity contribution in [2.75, 3.05) is 6.61 Å². The first-order valence-electron chi connectivity index (χ1n) is 7.16. The lowest BCUT2D eigenvalue weighted by Crippen LogP contribution is -2.15. The number of carbonyl (C=O) groups excluding carboxylic acids is 2. The van der Waals surface area contributed by atoms with Crippen LogP contribution in [0.1, 0.15) is 24.3 Å². The first-order valence-corrected chi connectivity index (χ1v) is 7.16. The monoisotopic (exact) mass is 327 g/mol. The highest BCUT2D eigenvalue weighted by atomic mass is 16.5. The summed E-state index contributed by atoms with van der Waals surface area (Å²) in [5.41, 5.74) is 1.30.